The second-order valence-electron chi connectivity index (χ2n) is 4.98. The van der Waals surface area contributed by atoms with Crippen molar-refractivity contribution in [1.29, 1.82) is 0 Å². The number of aliphatic hydroxyl groups is 1. The first-order valence-electron chi connectivity index (χ1n) is 6.34. The van der Waals surface area contributed by atoms with E-state index in [2.05, 4.69) is 4.90 Å². The molecule has 0 spiro atoms. The molecule has 1 fully saturated rings. The molecule has 0 bridgehead atoms. The number of benzene rings is 1. The Kier molecular flexibility index (Phi) is 5.01. The quantitative estimate of drug-likeness (QED) is 0.909. The van der Waals surface area contributed by atoms with Crippen LogP contribution in [0.3, 0.4) is 0 Å². The molecule has 2 atom stereocenters. The fourth-order valence-corrected chi connectivity index (χ4v) is 2.54. The van der Waals surface area contributed by atoms with Gasteiger partial charge in [0.2, 0.25) is 0 Å². The van der Waals surface area contributed by atoms with Crippen LogP contribution in [0.15, 0.2) is 24.3 Å². The Labute approximate surface area is 113 Å². The van der Waals surface area contributed by atoms with Gasteiger partial charge in [-0.3, -0.25) is 0 Å². The molecule has 100 valence electrons. The van der Waals surface area contributed by atoms with Gasteiger partial charge in [0.1, 0.15) is 0 Å². The van der Waals surface area contributed by atoms with E-state index in [9.17, 15) is 5.11 Å². The van der Waals surface area contributed by atoms with Gasteiger partial charge in [0.15, 0.2) is 0 Å². The monoisotopic (exact) mass is 269 g/mol. The Morgan fingerprint density at radius 3 is 2.94 bits per heavy atom. The fraction of sp³-hybridized carbons (Fsp3) is 0.571. The lowest BCUT2D eigenvalue weighted by molar-refractivity contribution is -0.0451. The molecule has 3 nitrogen and oxygen atoms in total. The lowest BCUT2D eigenvalue weighted by Gasteiger charge is -2.31. The third-order valence-corrected chi connectivity index (χ3v) is 3.75. The van der Waals surface area contributed by atoms with Gasteiger partial charge < -0.3 is 14.7 Å². The minimum absolute atomic E-state index is 0.200. The van der Waals surface area contributed by atoms with Crippen LogP contribution in [0.25, 0.3) is 0 Å². The standard InChI is InChI=1S/C14H20ClNO2/c1-16(8-11-4-2-3-5-13(11)15)9-12-10-18-7-6-14(12)17/h2-5,12,14,17H,6-10H2,1H3. The van der Waals surface area contributed by atoms with Gasteiger partial charge in [-0.2, -0.15) is 0 Å². The smallest absolute Gasteiger partial charge is 0.0624 e. The highest BCUT2D eigenvalue weighted by atomic mass is 35.5. The molecule has 1 aromatic rings. The predicted molar refractivity (Wildman–Crippen MR) is 72.7 cm³/mol. The minimum Gasteiger partial charge on any atom is -0.393 e. The Bertz CT molecular complexity index is 386. The zero-order chi connectivity index (χ0) is 13.0. The summed E-state index contributed by atoms with van der Waals surface area (Å²) >= 11 is 6.14. The number of halogens is 1. The van der Waals surface area contributed by atoms with Crippen LogP contribution in [0.2, 0.25) is 5.02 Å². The molecule has 18 heavy (non-hydrogen) atoms. The first-order chi connectivity index (χ1) is 8.66. The molecule has 1 aliphatic heterocycles. The van der Waals surface area contributed by atoms with Gasteiger partial charge >= 0.3 is 0 Å². The van der Waals surface area contributed by atoms with Gasteiger partial charge in [0, 0.05) is 30.6 Å². The first kappa shape index (κ1) is 13.8. The van der Waals surface area contributed by atoms with Gasteiger partial charge in [-0.25, -0.2) is 0 Å². The van der Waals surface area contributed by atoms with E-state index in [0.717, 1.165) is 30.1 Å². The van der Waals surface area contributed by atoms with Crippen LogP contribution >= 0.6 is 11.6 Å². The molecular formula is C14H20ClNO2. The van der Waals surface area contributed by atoms with Gasteiger partial charge in [-0.15, -0.1) is 0 Å². The van der Waals surface area contributed by atoms with Crippen LogP contribution in [0.1, 0.15) is 12.0 Å². The molecule has 4 heteroatoms. The minimum atomic E-state index is -0.243. The van der Waals surface area contributed by atoms with E-state index in [0.29, 0.717) is 13.2 Å². The Balaban J connectivity index is 1.88. The number of hydrogen-bond donors (Lipinski definition) is 1. The summed E-state index contributed by atoms with van der Waals surface area (Å²) < 4.78 is 5.41. The maximum atomic E-state index is 9.91. The van der Waals surface area contributed by atoms with Crippen molar-refractivity contribution >= 4 is 11.6 Å². The van der Waals surface area contributed by atoms with Crippen molar-refractivity contribution in [3.05, 3.63) is 34.9 Å². The van der Waals surface area contributed by atoms with Crippen molar-refractivity contribution in [2.45, 2.75) is 19.1 Å². The molecule has 1 aromatic carbocycles. The molecule has 1 N–H and O–H groups in total. The molecule has 2 rings (SSSR count). The largest absolute Gasteiger partial charge is 0.393 e. The number of aliphatic hydroxyl groups excluding tert-OH is 1. The third kappa shape index (κ3) is 3.69. The molecule has 0 radical (unpaired) electrons. The zero-order valence-corrected chi connectivity index (χ0v) is 11.4. The van der Waals surface area contributed by atoms with E-state index in [-0.39, 0.29) is 12.0 Å². The third-order valence-electron chi connectivity index (χ3n) is 3.38. The van der Waals surface area contributed by atoms with Crippen LogP contribution in [0.5, 0.6) is 0 Å². The van der Waals surface area contributed by atoms with E-state index in [1.165, 1.54) is 0 Å². The van der Waals surface area contributed by atoms with Crippen LogP contribution in [0, 0.1) is 5.92 Å². The maximum Gasteiger partial charge on any atom is 0.0624 e. The predicted octanol–water partition coefficient (Wildman–Crippen LogP) is 2.17. The van der Waals surface area contributed by atoms with Crippen molar-refractivity contribution in [2.75, 3.05) is 26.8 Å². The summed E-state index contributed by atoms with van der Waals surface area (Å²) in [4.78, 5) is 2.18. The van der Waals surface area contributed by atoms with Crippen molar-refractivity contribution in [1.82, 2.24) is 4.90 Å². The Morgan fingerprint density at radius 1 is 1.44 bits per heavy atom. The summed E-state index contributed by atoms with van der Waals surface area (Å²) in [5, 5.41) is 10.7. The molecule has 0 saturated carbocycles. The van der Waals surface area contributed by atoms with Crippen LogP contribution in [-0.2, 0) is 11.3 Å². The lowest BCUT2D eigenvalue weighted by atomic mass is 9.98. The average molecular weight is 270 g/mol. The fourth-order valence-electron chi connectivity index (χ4n) is 2.34. The zero-order valence-electron chi connectivity index (χ0n) is 10.7. The number of hydrogen-bond acceptors (Lipinski definition) is 3. The highest BCUT2D eigenvalue weighted by Crippen LogP contribution is 2.19. The molecule has 2 unspecified atom stereocenters. The molecule has 0 aliphatic carbocycles. The number of rotatable bonds is 4. The highest BCUT2D eigenvalue weighted by Gasteiger charge is 2.24. The normalized spacial score (nSPS) is 24.4. The first-order valence-corrected chi connectivity index (χ1v) is 6.72. The molecular weight excluding hydrogens is 250 g/mol. The van der Waals surface area contributed by atoms with E-state index >= 15 is 0 Å². The lowest BCUT2D eigenvalue weighted by Crippen LogP contribution is -2.39. The molecule has 1 aliphatic rings. The number of ether oxygens (including phenoxy) is 1. The van der Waals surface area contributed by atoms with E-state index < -0.39 is 0 Å². The van der Waals surface area contributed by atoms with Gasteiger partial charge in [-0.05, 0) is 25.1 Å². The Hall–Kier alpha value is -0.610. The van der Waals surface area contributed by atoms with E-state index in [1.807, 2.05) is 31.3 Å². The average Bonchev–Trinajstić information content (AvgIpc) is 2.35. The van der Waals surface area contributed by atoms with Gasteiger partial charge in [-0.1, -0.05) is 29.8 Å². The maximum absolute atomic E-state index is 9.91. The summed E-state index contributed by atoms with van der Waals surface area (Å²) in [5.74, 6) is 0.200. The van der Waals surface area contributed by atoms with Crippen molar-refractivity contribution in [3.63, 3.8) is 0 Å². The molecule has 0 amide bonds. The van der Waals surface area contributed by atoms with E-state index in [4.69, 9.17) is 16.3 Å². The van der Waals surface area contributed by atoms with Crippen molar-refractivity contribution in [2.24, 2.45) is 5.92 Å². The summed E-state index contributed by atoms with van der Waals surface area (Å²) in [6.45, 7) is 2.94. The molecule has 1 saturated heterocycles. The van der Waals surface area contributed by atoms with Crippen LogP contribution in [-0.4, -0.2) is 42.9 Å². The van der Waals surface area contributed by atoms with Crippen LogP contribution < -0.4 is 0 Å². The summed E-state index contributed by atoms with van der Waals surface area (Å²) in [5.41, 5.74) is 1.12. The van der Waals surface area contributed by atoms with E-state index in [1.54, 1.807) is 0 Å². The van der Waals surface area contributed by atoms with Crippen molar-refractivity contribution < 1.29 is 9.84 Å². The second-order valence-corrected chi connectivity index (χ2v) is 5.39. The highest BCUT2D eigenvalue weighted by molar-refractivity contribution is 6.31. The van der Waals surface area contributed by atoms with Crippen LogP contribution in [0.4, 0.5) is 0 Å². The second kappa shape index (κ2) is 6.53. The summed E-state index contributed by atoms with van der Waals surface area (Å²) in [6, 6.07) is 7.87. The Morgan fingerprint density at radius 2 is 2.22 bits per heavy atom. The molecule has 1 heterocycles. The summed E-state index contributed by atoms with van der Waals surface area (Å²) in [7, 11) is 2.05. The topological polar surface area (TPSA) is 32.7 Å². The van der Waals surface area contributed by atoms with Crippen molar-refractivity contribution in [3.8, 4) is 0 Å². The SMILES string of the molecule is CN(Cc1ccccc1Cl)CC1COCCC1O. The van der Waals surface area contributed by atoms with Gasteiger partial charge in [0.05, 0.1) is 12.7 Å². The van der Waals surface area contributed by atoms with Gasteiger partial charge in [0.25, 0.3) is 0 Å². The number of nitrogens with zero attached hydrogens (tertiary/aromatic N) is 1. The molecule has 0 aromatic heterocycles. The summed E-state index contributed by atoms with van der Waals surface area (Å²) in [6.07, 6.45) is 0.498.